The number of ether oxygens (including phenoxy) is 1. The topological polar surface area (TPSA) is 87.2 Å². The first-order chi connectivity index (χ1) is 18.5. The average molecular weight is 557 g/mol. The second-order valence-corrected chi connectivity index (χ2v) is 9.77. The largest absolute Gasteiger partial charge is 0.493 e. The zero-order chi connectivity index (χ0) is 28.3. The number of nitrogens with zero attached hydrogens (tertiary/aromatic N) is 2. The van der Waals surface area contributed by atoms with Gasteiger partial charge in [0.05, 0.1) is 19.1 Å². The first-order valence-corrected chi connectivity index (χ1v) is 12.7. The Balaban J connectivity index is 1.57. The van der Waals surface area contributed by atoms with Crippen LogP contribution >= 0.6 is 11.6 Å². The third kappa shape index (κ3) is 6.04. The zero-order valence-corrected chi connectivity index (χ0v) is 22.1. The van der Waals surface area contributed by atoms with Crippen molar-refractivity contribution >= 4 is 40.8 Å². The van der Waals surface area contributed by atoms with Gasteiger partial charge in [-0.3, -0.25) is 9.59 Å². The minimum atomic E-state index is -3.88. The number of aliphatic carboxylic acids is 1. The molecule has 0 fully saturated rings. The molecule has 10 heteroatoms. The van der Waals surface area contributed by atoms with Crippen molar-refractivity contribution in [3.63, 3.8) is 0 Å². The number of carbonyl (C=O) groups excluding carboxylic acids is 2. The Kier molecular flexibility index (Phi) is 8.20. The molecular weight excluding hydrogens is 530 g/mol. The van der Waals surface area contributed by atoms with Crippen molar-refractivity contribution in [3.05, 3.63) is 88.9 Å². The quantitative estimate of drug-likeness (QED) is 0.349. The van der Waals surface area contributed by atoms with Crippen LogP contribution < -0.4 is 14.5 Å². The summed E-state index contributed by atoms with van der Waals surface area (Å²) in [5.41, 5.74) is 2.57. The molecule has 3 aromatic rings. The Morgan fingerprint density at radius 3 is 2.31 bits per heavy atom. The molecule has 3 aromatic carbocycles. The van der Waals surface area contributed by atoms with E-state index in [-0.39, 0.29) is 29.6 Å². The molecule has 2 amide bonds. The third-order valence-corrected chi connectivity index (χ3v) is 6.89. The van der Waals surface area contributed by atoms with Gasteiger partial charge in [-0.15, -0.1) is 0 Å². The molecule has 2 atom stereocenters. The highest BCUT2D eigenvalue weighted by molar-refractivity contribution is 6.30. The Morgan fingerprint density at radius 2 is 1.69 bits per heavy atom. The first-order valence-electron chi connectivity index (χ1n) is 12.3. The van der Waals surface area contributed by atoms with Crippen LogP contribution in [0.25, 0.3) is 0 Å². The highest BCUT2D eigenvalue weighted by Crippen LogP contribution is 2.43. The van der Waals surface area contributed by atoms with E-state index >= 15 is 0 Å². The lowest BCUT2D eigenvalue weighted by atomic mass is 9.89. The summed E-state index contributed by atoms with van der Waals surface area (Å²) < 4.78 is 31.8. The molecule has 204 valence electrons. The fourth-order valence-electron chi connectivity index (χ4n) is 4.76. The van der Waals surface area contributed by atoms with Crippen LogP contribution in [0.5, 0.6) is 5.75 Å². The molecule has 0 radical (unpaired) electrons. The summed E-state index contributed by atoms with van der Waals surface area (Å²) in [5, 5.41) is 9.08. The van der Waals surface area contributed by atoms with E-state index in [1.165, 1.54) is 31.2 Å². The molecule has 4 rings (SSSR count). The van der Waals surface area contributed by atoms with Crippen LogP contribution in [0.3, 0.4) is 0 Å². The second kappa shape index (κ2) is 11.4. The lowest BCUT2D eigenvalue weighted by Crippen LogP contribution is -2.47. The lowest BCUT2D eigenvalue weighted by molar-refractivity contribution is -0.166. The number of carboxylic acid groups (broad SMARTS) is 1. The monoisotopic (exact) mass is 556 g/mol. The number of para-hydroxylation sites is 1. The molecule has 7 nitrogen and oxygen atoms in total. The smallest absolute Gasteiger partial charge is 0.374 e. The van der Waals surface area contributed by atoms with E-state index in [0.29, 0.717) is 28.4 Å². The number of rotatable bonds is 8. The van der Waals surface area contributed by atoms with Gasteiger partial charge in [-0.2, -0.15) is 8.78 Å². The van der Waals surface area contributed by atoms with Crippen molar-refractivity contribution in [1.29, 1.82) is 0 Å². The number of benzene rings is 3. The van der Waals surface area contributed by atoms with Crippen molar-refractivity contribution < 1.29 is 33.0 Å². The molecule has 0 spiro atoms. The van der Waals surface area contributed by atoms with E-state index in [2.05, 4.69) is 0 Å². The number of hydrogen-bond acceptors (Lipinski definition) is 4. The van der Waals surface area contributed by atoms with Gasteiger partial charge in [0.2, 0.25) is 5.91 Å². The molecular formula is C29H27ClF2N2O5. The number of halogens is 3. The molecule has 1 N–H and O–H groups in total. The number of hydrogen-bond donors (Lipinski definition) is 1. The Labute approximate surface area is 229 Å². The fraction of sp³-hybridized carbons (Fsp3) is 0.276. The van der Waals surface area contributed by atoms with Crippen molar-refractivity contribution in [3.8, 4) is 5.75 Å². The highest BCUT2D eigenvalue weighted by atomic mass is 35.5. The van der Waals surface area contributed by atoms with Crippen LogP contribution in [0, 0.1) is 0 Å². The maximum Gasteiger partial charge on any atom is 0.374 e. The zero-order valence-electron chi connectivity index (χ0n) is 21.3. The summed E-state index contributed by atoms with van der Waals surface area (Å²) in [5.74, 6) is -6.25. The maximum absolute atomic E-state index is 13.6. The summed E-state index contributed by atoms with van der Waals surface area (Å²) in [6.07, 6.45) is -0.483. The minimum Gasteiger partial charge on any atom is -0.493 e. The van der Waals surface area contributed by atoms with Crippen LogP contribution in [0.1, 0.15) is 48.7 Å². The standard InChI is InChI=1S/C29H27ClF2N2O5/c1-18-17-26(34(19(2)35)22-11-9-21(30)10-12-22)24-5-3-4-6-25(24)33(18)27(36)20-7-13-23(14-8-20)39-16-15-29(31,32)28(37)38/h3-14,18,26H,15-17H2,1-2H3,(H,37,38)/t18-,26+/m0/s1. The highest BCUT2D eigenvalue weighted by Gasteiger charge is 2.39. The second-order valence-electron chi connectivity index (χ2n) is 9.33. The number of amides is 2. The van der Waals surface area contributed by atoms with Gasteiger partial charge in [-0.1, -0.05) is 29.8 Å². The molecule has 1 heterocycles. The number of anilines is 2. The van der Waals surface area contributed by atoms with Gasteiger partial charge in [0, 0.05) is 34.9 Å². The summed E-state index contributed by atoms with van der Waals surface area (Å²) in [4.78, 5) is 40.4. The molecule has 0 bridgehead atoms. The van der Waals surface area contributed by atoms with Gasteiger partial charge in [-0.25, -0.2) is 4.79 Å². The summed E-state index contributed by atoms with van der Waals surface area (Å²) in [6.45, 7) is 2.93. The van der Waals surface area contributed by atoms with Crippen molar-refractivity contribution in [2.45, 2.75) is 44.7 Å². The van der Waals surface area contributed by atoms with E-state index in [0.717, 1.165) is 5.56 Å². The predicted molar refractivity (Wildman–Crippen MR) is 144 cm³/mol. The molecule has 0 unspecified atom stereocenters. The Bertz CT molecular complexity index is 1360. The number of carboxylic acids is 1. The molecule has 0 aliphatic carbocycles. The van der Waals surface area contributed by atoms with Crippen LogP contribution in [-0.2, 0) is 9.59 Å². The van der Waals surface area contributed by atoms with Gasteiger partial charge in [0.15, 0.2) is 0 Å². The summed E-state index contributed by atoms with van der Waals surface area (Å²) in [6, 6.07) is 19.9. The number of carbonyl (C=O) groups is 3. The van der Waals surface area contributed by atoms with Crippen molar-refractivity contribution in [2.75, 3.05) is 16.4 Å². The van der Waals surface area contributed by atoms with E-state index in [1.807, 2.05) is 31.2 Å². The lowest BCUT2D eigenvalue weighted by Gasteiger charge is -2.43. The number of alkyl halides is 2. The van der Waals surface area contributed by atoms with E-state index in [4.69, 9.17) is 21.4 Å². The minimum absolute atomic E-state index is 0.138. The van der Waals surface area contributed by atoms with Gasteiger partial charge in [-0.05, 0) is 73.5 Å². The molecule has 1 aliphatic rings. The van der Waals surface area contributed by atoms with Crippen LogP contribution in [0.2, 0.25) is 5.02 Å². The van der Waals surface area contributed by atoms with Crippen molar-refractivity contribution in [1.82, 2.24) is 0 Å². The van der Waals surface area contributed by atoms with Crippen LogP contribution in [-0.4, -0.2) is 41.5 Å². The van der Waals surface area contributed by atoms with Gasteiger partial charge < -0.3 is 19.6 Å². The Hall–Kier alpha value is -3.98. The summed E-state index contributed by atoms with van der Waals surface area (Å²) in [7, 11) is 0. The van der Waals surface area contributed by atoms with Crippen LogP contribution in [0.15, 0.2) is 72.8 Å². The molecule has 0 aromatic heterocycles. The number of fused-ring (bicyclic) bond motifs is 1. The Morgan fingerprint density at radius 1 is 1.05 bits per heavy atom. The van der Waals surface area contributed by atoms with Gasteiger partial charge in [0.25, 0.3) is 5.91 Å². The van der Waals surface area contributed by atoms with Gasteiger partial charge >= 0.3 is 11.9 Å². The van der Waals surface area contributed by atoms with Gasteiger partial charge in [0.1, 0.15) is 5.75 Å². The SMILES string of the molecule is CC(=O)N(c1ccc(Cl)cc1)[C@@H]1C[C@H](C)N(C(=O)c2ccc(OCCC(F)(F)C(=O)O)cc2)c2ccccc21. The normalized spacial score (nSPS) is 16.8. The fourth-order valence-corrected chi connectivity index (χ4v) is 4.88. The van der Waals surface area contributed by atoms with Crippen molar-refractivity contribution in [2.24, 2.45) is 0 Å². The molecule has 0 saturated carbocycles. The van der Waals surface area contributed by atoms with E-state index in [1.54, 1.807) is 34.1 Å². The first kappa shape index (κ1) is 28.0. The predicted octanol–water partition coefficient (Wildman–Crippen LogP) is 6.36. The molecule has 0 saturated heterocycles. The van der Waals surface area contributed by atoms with E-state index in [9.17, 15) is 23.2 Å². The molecule has 39 heavy (non-hydrogen) atoms. The summed E-state index contributed by atoms with van der Waals surface area (Å²) >= 11 is 6.06. The van der Waals surface area contributed by atoms with Crippen LogP contribution in [0.4, 0.5) is 20.2 Å². The molecule has 1 aliphatic heterocycles. The van der Waals surface area contributed by atoms with E-state index < -0.39 is 24.9 Å². The maximum atomic E-state index is 13.6. The third-order valence-electron chi connectivity index (χ3n) is 6.63. The average Bonchev–Trinajstić information content (AvgIpc) is 2.89.